The molecule has 0 aliphatic carbocycles. The summed E-state index contributed by atoms with van der Waals surface area (Å²) in [6.45, 7) is 5.41. The van der Waals surface area contributed by atoms with Gasteiger partial charge in [-0.15, -0.1) is 0 Å². The predicted octanol–water partition coefficient (Wildman–Crippen LogP) is 1.19. The Morgan fingerprint density at radius 1 is 1.28 bits per heavy atom. The van der Waals surface area contributed by atoms with Gasteiger partial charge in [0.25, 0.3) is 0 Å². The zero-order valence-corrected chi connectivity index (χ0v) is 12.2. The molecule has 0 aliphatic rings. The molecule has 0 amide bonds. The first-order valence-corrected chi connectivity index (χ1v) is 7.79. The fourth-order valence-electron chi connectivity index (χ4n) is 1.72. The van der Waals surface area contributed by atoms with Crippen LogP contribution in [0.25, 0.3) is 0 Å². The Bertz CT molecular complexity index is 492. The van der Waals surface area contributed by atoms with E-state index in [1.165, 1.54) is 11.8 Å². The van der Waals surface area contributed by atoms with Crippen LogP contribution in [0, 0.1) is 6.92 Å². The third-order valence-electron chi connectivity index (χ3n) is 3.56. The van der Waals surface area contributed by atoms with Gasteiger partial charge in [0.2, 0.25) is 0 Å². The Morgan fingerprint density at radius 2 is 1.78 bits per heavy atom. The maximum Gasteiger partial charge on any atom is 0.154 e. The molecule has 0 radical (unpaired) electrons. The topological polar surface area (TPSA) is 72.2 Å². The van der Waals surface area contributed by atoms with Gasteiger partial charge >= 0.3 is 0 Å². The van der Waals surface area contributed by atoms with E-state index in [0.717, 1.165) is 5.56 Å². The highest BCUT2D eigenvalue weighted by atomic mass is 32.2. The van der Waals surface area contributed by atoms with Crippen LogP contribution < -0.4 is 11.3 Å². The third-order valence-corrected chi connectivity index (χ3v) is 5.75. The number of aryl methyl sites for hydroxylation is 1. The number of hydrogen-bond donors (Lipinski definition) is 2. The zero-order valence-electron chi connectivity index (χ0n) is 11.4. The van der Waals surface area contributed by atoms with Gasteiger partial charge in [-0.25, -0.2) is 8.42 Å². The molecule has 102 valence electrons. The van der Waals surface area contributed by atoms with Crippen LogP contribution >= 0.6 is 0 Å². The summed E-state index contributed by atoms with van der Waals surface area (Å²) in [6, 6.07) is 7.69. The van der Waals surface area contributed by atoms with Crippen LogP contribution in [0.4, 0.5) is 0 Å². The first kappa shape index (κ1) is 15.1. The molecule has 0 aliphatic heterocycles. The van der Waals surface area contributed by atoms with E-state index in [1.807, 2.05) is 31.2 Å². The van der Waals surface area contributed by atoms with Crippen LogP contribution in [0.2, 0.25) is 0 Å². The fourth-order valence-corrected chi connectivity index (χ4v) is 2.39. The van der Waals surface area contributed by atoms with E-state index >= 15 is 0 Å². The molecule has 0 saturated heterocycles. The lowest BCUT2D eigenvalue weighted by molar-refractivity contribution is 0.413. The Kier molecular flexibility index (Phi) is 4.53. The molecule has 0 fully saturated rings. The summed E-state index contributed by atoms with van der Waals surface area (Å²) in [4.78, 5) is 0. The number of benzene rings is 1. The second kappa shape index (κ2) is 5.38. The van der Waals surface area contributed by atoms with Gasteiger partial charge in [0.15, 0.2) is 9.84 Å². The van der Waals surface area contributed by atoms with Gasteiger partial charge in [-0.3, -0.25) is 11.3 Å². The Balaban J connectivity index is 2.95. The minimum absolute atomic E-state index is 0.324. The third kappa shape index (κ3) is 3.31. The van der Waals surface area contributed by atoms with Crippen molar-refractivity contribution in [2.45, 2.75) is 38.0 Å². The number of nitrogens with two attached hydrogens (primary N) is 1. The van der Waals surface area contributed by atoms with Gasteiger partial charge in [-0.2, -0.15) is 0 Å². The molecule has 0 spiro atoms. The normalized spacial score (nSPS) is 14.5. The number of hydrazine groups is 1. The first-order chi connectivity index (χ1) is 8.18. The highest BCUT2D eigenvalue weighted by Crippen LogP contribution is 2.22. The van der Waals surface area contributed by atoms with Gasteiger partial charge < -0.3 is 0 Å². The lowest BCUT2D eigenvalue weighted by atomic mass is 9.96. The molecule has 0 bridgehead atoms. The summed E-state index contributed by atoms with van der Waals surface area (Å²) in [7, 11) is -3.18. The van der Waals surface area contributed by atoms with Gasteiger partial charge in [0.05, 0.1) is 4.75 Å². The molecular formula is C13H22N2O2S. The van der Waals surface area contributed by atoms with Crippen molar-refractivity contribution in [3.63, 3.8) is 0 Å². The van der Waals surface area contributed by atoms with Crippen molar-refractivity contribution in [3.05, 3.63) is 35.4 Å². The standard InChI is InChI=1S/C13H22N2O2S/c1-10-5-7-11(8-6-10)9-12(15-14)13(2,3)18(4,16)17/h5-8,12,15H,9,14H2,1-4H3. The molecular weight excluding hydrogens is 248 g/mol. The number of rotatable bonds is 5. The van der Waals surface area contributed by atoms with Gasteiger partial charge in [-0.05, 0) is 32.8 Å². The second-order valence-electron chi connectivity index (χ2n) is 5.28. The maximum atomic E-state index is 11.8. The van der Waals surface area contributed by atoms with E-state index in [4.69, 9.17) is 5.84 Å². The molecule has 5 heteroatoms. The van der Waals surface area contributed by atoms with Gasteiger partial charge in [-0.1, -0.05) is 29.8 Å². The lowest BCUT2D eigenvalue weighted by Gasteiger charge is -2.32. The number of nitrogens with one attached hydrogen (secondary N) is 1. The van der Waals surface area contributed by atoms with Crippen LogP contribution in [-0.4, -0.2) is 25.5 Å². The molecule has 4 nitrogen and oxygen atoms in total. The van der Waals surface area contributed by atoms with Crippen molar-refractivity contribution >= 4 is 9.84 Å². The SMILES string of the molecule is Cc1ccc(CC(NN)C(C)(C)S(C)(=O)=O)cc1. The molecule has 1 atom stereocenters. The fraction of sp³-hybridized carbons (Fsp3) is 0.538. The quantitative estimate of drug-likeness (QED) is 0.623. The molecule has 1 aromatic carbocycles. The minimum Gasteiger partial charge on any atom is -0.271 e. The highest BCUT2D eigenvalue weighted by Gasteiger charge is 2.38. The van der Waals surface area contributed by atoms with Crippen molar-refractivity contribution in [1.82, 2.24) is 5.43 Å². The average Bonchev–Trinajstić information content (AvgIpc) is 2.26. The summed E-state index contributed by atoms with van der Waals surface area (Å²) >= 11 is 0. The number of hydrogen-bond acceptors (Lipinski definition) is 4. The minimum atomic E-state index is -3.18. The van der Waals surface area contributed by atoms with E-state index in [0.29, 0.717) is 6.42 Å². The Morgan fingerprint density at radius 3 is 2.17 bits per heavy atom. The largest absolute Gasteiger partial charge is 0.271 e. The summed E-state index contributed by atoms with van der Waals surface area (Å²) in [5.41, 5.74) is 4.88. The van der Waals surface area contributed by atoms with E-state index < -0.39 is 14.6 Å². The van der Waals surface area contributed by atoms with Crippen molar-refractivity contribution in [2.24, 2.45) is 5.84 Å². The molecule has 0 saturated carbocycles. The van der Waals surface area contributed by atoms with Crippen LogP contribution in [0.3, 0.4) is 0 Å². The van der Waals surface area contributed by atoms with Crippen LogP contribution in [0.15, 0.2) is 24.3 Å². The summed E-state index contributed by atoms with van der Waals surface area (Å²) in [5.74, 6) is 5.52. The smallest absolute Gasteiger partial charge is 0.154 e. The molecule has 18 heavy (non-hydrogen) atoms. The Hall–Kier alpha value is -0.910. The van der Waals surface area contributed by atoms with Crippen molar-refractivity contribution in [2.75, 3.05) is 6.26 Å². The molecule has 3 N–H and O–H groups in total. The summed E-state index contributed by atoms with van der Waals surface area (Å²) in [6.07, 6.45) is 1.82. The van der Waals surface area contributed by atoms with Gasteiger partial charge in [0, 0.05) is 12.3 Å². The van der Waals surface area contributed by atoms with Crippen molar-refractivity contribution in [1.29, 1.82) is 0 Å². The van der Waals surface area contributed by atoms with E-state index in [1.54, 1.807) is 13.8 Å². The van der Waals surface area contributed by atoms with Crippen LogP contribution in [0.1, 0.15) is 25.0 Å². The summed E-state index contributed by atoms with van der Waals surface area (Å²) in [5, 5.41) is 0. The molecule has 1 rings (SSSR count). The van der Waals surface area contributed by atoms with E-state index in [9.17, 15) is 8.42 Å². The van der Waals surface area contributed by atoms with Gasteiger partial charge in [0.1, 0.15) is 0 Å². The van der Waals surface area contributed by atoms with E-state index in [2.05, 4.69) is 5.43 Å². The maximum absolute atomic E-state index is 11.8. The molecule has 0 heterocycles. The summed E-state index contributed by atoms with van der Waals surface area (Å²) < 4.78 is 22.7. The predicted molar refractivity (Wildman–Crippen MR) is 74.9 cm³/mol. The van der Waals surface area contributed by atoms with Crippen molar-refractivity contribution < 1.29 is 8.42 Å². The average molecular weight is 270 g/mol. The molecule has 1 aromatic rings. The first-order valence-electron chi connectivity index (χ1n) is 5.89. The van der Waals surface area contributed by atoms with Crippen LogP contribution in [0.5, 0.6) is 0 Å². The van der Waals surface area contributed by atoms with E-state index in [-0.39, 0.29) is 6.04 Å². The monoisotopic (exact) mass is 270 g/mol. The molecule has 1 unspecified atom stereocenters. The van der Waals surface area contributed by atoms with Crippen LogP contribution in [-0.2, 0) is 16.3 Å². The molecule has 0 aromatic heterocycles. The highest BCUT2D eigenvalue weighted by molar-refractivity contribution is 7.92. The van der Waals surface area contributed by atoms with Crippen molar-refractivity contribution in [3.8, 4) is 0 Å². The lowest BCUT2D eigenvalue weighted by Crippen LogP contribution is -2.55. The zero-order chi connectivity index (χ0) is 14.0. The second-order valence-corrected chi connectivity index (χ2v) is 7.88. The number of sulfone groups is 1. The Labute approximate surface area is 109 Å².